The van der Waals surface area contributed by atoms with Crippen LogP contribution in [0.3, 0.4) is 0 Å². The van der Waals surface area contributed by atoms with E-state index in [-0.39, 0.29) is 6.04 Å². The van der Waals surface area contributed by atoms with Gasteiger partial charge < -0.3 is 10.6 Å². The highest BCUT2D eigenvalue weighted by Crippen LogP contribution is 2.24. The van der Waals surface area contributed by atoms with Gasteiger partial charge >= 0.3 is 0 Å². The lowest BCUT2D eigenvalue weighted by atomic mass is 9.95. The molecule has 3 heteroatoms. The number of piperidine rings is 1. The Morgan fingerprint density at radius 2 is 2.35 bits per heavy atom. The molecule has 1 fully saturated rings. The number of hydrogen-bond donors (Lipinski definition) is 1. The van der Waals surface area contributed by atoms with E-state index in [9.17, 15) is 0 Å². The first-order valence-corrected chi connectivity index (χ1v) is 6.67. The smallest absolute Gasteiger partial charge is 0.0569 e. The molecule has 2 rings (SSSR count). The van der Waals surface area contributed by atoms with Gasteiger partial charge in [0, 0.05) is 19.1 Å². The first kappa shape index (κ1) is 12.4. The number of rotatable bonds is 3. The summed E-state index contributed by atoms with van der Waals surface area (Å²) >= 11 is 0. The van der Waals surface area contributed by atoms with E-state index in [4.69, 9.17) is 5.73 Å². The molecule has 1 aromatic heterocycles. The third kappa shape index (κ3) is 2.97. The van der Waals surface area contributed by atoms with Crippen molar-refractivity contribution in [2.45, 2.75) is 39.2 Å². The van der Waals surface area contributed by atoms with Gasteiger partial charge in [0.05, 0.1) is 17.6 Å². The van der Waals surface area contributed by atoms with Crippen LogP contribution in [0.15, 0.2) is 18.3 Å². The van der Waals surface area contributed by atoms with Gasteiger partial charge in [-0.1, -0.05) is 13.3 Å². The number of anilines is 1. The predicted octanol–water partition coefficient (Wildman–Crippen LogP) is 2.73. The van der Waals surface area contributed by atoms with E-state index in [0.717, 1.165) is 18.2 Å². The van der Waals surface area contributed by atoms with E-state index in [1.807, 2.05) is 13.1 Å². The SMILES string of the molecule is CCC1CCCN(c2ccc([C@H](C)N)nc2)C1. The minimum Gasteiger partial charge on any atom is -0.370 e. The molecule has 0 aliphatic carbocycles. The Bertz CT molecular complexity index is 345. The van der Waals surface area contributed by atoms with Crippen molar-refractivity contribution in [3.63, 3.8) is 0 Å². The molecule has 0 saturated carbocycles. The molecule has 3 nitrogen and oxygen atoms in total. The molecule has 1 aliphatic rings. The molecule has 0 bridgehead atoms. The Labute approximate surface area is 104 Å². The lowest BCUT2D eigenvalue weighted by Gasteiger charge is -2.33. The Morgan fingerprint density at radius 3 is 2.94 bits per heavy atom. The van der Waals surface area contributed by atoms with Gasteiger partial charge in [0.15, 0.2) is 0 Å². The second-order valence-electron chi connectivity index (χ2n) is 5.09. The maximum Gasteiger partial charge on any atom is 0.0569 e. The number of nitrogens with two attached hydrogens (primary N) is 1. The molecule has 2 heterocycles. The summed E-state index contributed by atoms with van der Waals surface area (Å²) in [5.41, 5.74) is 8.02. The zero-order valence-electron chi connectivity index (χ0n) is 10.9. The first-order valence-electron chi connectivity index (χ1n) is 6.67. The van der Waals surface area contributed by atoms with Gasteiger partial charge in [-0.05, 0) is 37.8 Å². The van der Waals surface area contributed by atoms with Crippen molar-refractivity contribution in [3.05, 3.63) is 24.0 Å². The molecular weight excluding hydrogens is 210 g/mol. The Morgan fingerprint density at radius 1 is 1.53 bits per heavy atom. The fourth-order valence-corrected chi connectivity index (χ4v) is 2.49. The molecule has 0 radical (unpaired) electrons. The van der Waals surface area contributed by atoms with Crippen LogP contribution < -0.4 is 10.6 Å². The minimum atomic E-state index is 0.0220. The third-order valence-electron chi connectivity index (χ3n) is 3.70. The molecule has 0 amide bonds. The van der Waals surface area contributed by atoms with Crippen LogP contribution in [0.25, 0.3) is 0 Å². The van der Waals surface area contributed by atoms with Crippen LogP contribution >= 0.6 is 0 Å². The molecule has 1 saturated heterocycles. The summed E-state index contributed by atoms with van der Waals surface area (Å²) in [4.78, 5) is 6.89. The zero-order chi connectivity index (χ0) is 12.3. The molecule has 1 aromatic rings. The van der Waals surface area contributed by atoms with Crippen LogP contribution in [0, 0.1) is 5.92 Å². The molecule has 0 spiro atoms. The monoisotopic (exact) mass is 233 g/mol. The topological polar surface area (TPSA) is 42.1 Å². The van der Waals surface area contributed by atoms with Crippen LogP contribution in [-0.2, 0) is 0 Å². The van der Waals surface area contributed by atoms with Gasteiger partial charge in [0.2, 0.25) is 0 Å². The largest absolute Gasteiger partial charge is 0.370 e. The normalized spacial score (nSPS) is 22.5. The van der Waals surface area contributed by atoms with E-state index >= 15 is 0 Å². The number of nitrogens with zero attached hydrogens (tertiary/aromatic N) is 2. The van der Waals surface area contributed by atoms with Crippen molar-refractivity contribution in [2.24, 2.45) is 11.7 Å². The zero-order valence-corrected chi connectivity index (χ0v) is 10.9. The summed E-state index contributed by atoms with van der Waals surface area (Å²) in [6.07, 6.45) is 5.92. The molecule has 0 aromatic carbocycles. The summed E-state index contributed by atoms with van der Waals surface area (Å²) in [5.74, 6) is 0.844. The molecule has 94 valence electrons. The highest BCUT2D eigenvalue weighted by molar-refractivity contribution is 5.45. The van der Waals surface area contributed by atoms with Crippen LogP contribution in [0.1, 0.15) is 44.8 Å². The molecular formula is C14H23N3. The molecule has 17 heavy (non-hydrogen) atoms. The summed E-state index contributed by atoms with van der Waals surface area (Å²) < 4.78 is 0. The van der Waals surface area contributed by atoms with Crippen LogP contribution in [0.2, 0.25) is 0 Å². The van der Waals surface area contributed by atoms with Crippen molar-refractivity contribution in [3.8, 4) is 0 Å². The third-order valence-corrected chi connectivity index (χ3v) is 3.70. The van der Waals surface area contributed by atoms with E-state index in [0.29, 0.717) is 0 Å². The highest BCUT2D eigenvalue weighted by Gasteiger charge is 2.18. The Balaban J connectivity index is 2.06. The molecule has 2 atom stereocenters. The van der Waals surface area contributed by atoms with Gasteiger partial charge in [-0.25, -0.2) is 0 Å². The quantitative estimate of drug-likeness (QED) is 0.873. The Kier molecular flexibility index (Phi) is 4.00. The fourth-order valence-electron chi connectivity index (χ4n) is 2.49. The average molecular weight is 233 g/mol. The van der Waals surface area contributed by atoms with E-state index in [1.165, 1.54) is 31.5 Å². The fraction of sp³-hybridized carbons (Fsp3) is 0.643. The second kappa shape index (κ2) is 5.50. The van der Waals surface area contributed by atoms with E-state index in [1.54, 1.807) is 0 Å². The molecule has 1 unspecified atom stereocenters. The predicted molar refractivity (Wildman–Crippen MR) is 72.1 cm³/mol. The average Bonchev–Trinajstić information content (AvgIpc) is 2.39. The summed E-state index contributed by atoms with van der Waals surface area (Å²) in [6, 6.07) is 4.23. The summed E-state index contributed by atoms with van der Waals surface area (Å²) in [7, 11) is 0. The van der Waals surface area contributed by atoms with Gasteiger partial charge in [-0.15, -0.1) is 0 Å². The van der Waals surface area contributed by atoms with Crippen molar-refractivity contribution < 1.29 is 0 Å². The molecule has 1 aliphatic heterocycles. The van der Waals surface area contributed by atoms with Crippen LogP contribution in [-0.4, -0.2) is 18.1 Å². The summed E-state index contributed by atoms with van der Waals surface area (Å²) in [5, 5.41) is 0. The lowest BCUT2D eigenvalue weighted by molar-refractivity contribution is 0.404. The van der Waals surface area contributed by atoms with Crippen molar-refractivity contribution in [1.29, 1.82) is 0 Å². The highest BCUT2D eigenvalue weighted by atomic mass is 15.1. The maximum absolute atomic E-state index is 5.81. The maximum atomic E-state index is 5.81. The molecule has 2 N–H and O–H groups in total. The number of aromatic nitrogens is 1. The number of hydrogen-bond acceptors (Lipinski definition) is 3. The van der Waals surface area contributed by atoms with Gasteiger partial charge in [-0.3, -0.25) is 4.98 Å². The minimum absolute atomic E-state index is 0.0220. The van der Waals surface area contributed by atoms with Gasteiger partial charge in [-0.2, -0.15) is 0 Å². The van der Waals surface area contributed by atoms with Gasteiger partial charge in [0.25, 0.3) is 0 Å². The lowest BCUT2D eigenvalue weighted by Crippen LogP contribution is -2.35. The summed E-state index contributed by atoms with van der Waals surface area (Å²) in [6.45, 7) is 6.59. The van der Waals surface area contributed by atoms with Crippen molar-refractivity contribution in [2.75, 3.05) is 18.0 Å². The van der Waals surface area contributed by atoms with E-state index < -0.39 is 0 Å². The van der Waals surface area contributed by atoms with Crippen LogP contribution in [0.5, 0.6) is 0 Å². The van der Waals surface area contributed by atoms with Crippen molar-refractivity contribution in [1.82, 2.24) is 4.98 Å². The standard InChI is InChI=1S/C14H23N3/c1-3-12-5-4-8-17(10-12)13-6-7-14(11(2)15)16-9-13/h6-7,9,11-12H,3-5,8,10,15H2,1-2H3/t11-,12?/m0/s1. The Hall–Kier alpha value is -1.09. The first-order chi connectivity index (χ1) is 8.20. The van der Waals surface area contributed by atoms with E-state index in [2.05, 4.69) is 28.9 Å². The van der Waals surface area contributed by atoms with Crippen molar-refractivity contribution >= 4 is 5.69 Å². The van der Waals surface area contributed by atoms with Gasteiger partial charge in [0.1, 0.15) is 0 Å². The second-order valence-corrected chi connectivity index (χ2v) is 5.09. The van der Waals surface area contributed by atoms with Crippen LogP contribution in [0.4, 0.5) is 5.69 Å². The number of pyridine rings is 1.